The quantitative estimate of drug-likeness (QED) is 0.778. The van der Waals surface area contributed by atoms with Crippen molar-refractivity contribution in [1.82, 2.24) is 14.9 Å². The van der Waals surface area contributed by atoms with Gasteiger partial charge in [-0.1, -0.05) is 0 Å². The molecule has 0 atom stereocenters. The Hall–Kier alpha value is -2.83. The molecule has 1 aromatic heterocycles. The monoisotopic (exact) mass is 370 g/mol. The molecule has 0 spiro atoms. The number of nitrogens with zero attached hydrogens (tertiary/aromatic N) is 4. The molecule has 0 fully saturated rings. The highest BCUT2D eigenvalue weighted by molar-refractivity contribution is 5.92. The minimum atomic E-state index is -0.0776. The number of aromatic nitrogens is 2. The van der Waals surface area contributed by atoms with Gasteiger partial charge in [0.15, 0.2) is 11.5 Å². The number of anilines is 1. The molecule has 0 aliphatic carbocycles. The van der Waals surface area contributed by atoms with Crippen LogP contribution in [0, 0.1) is 0 Å². The number of amides is 1. The minimum Gasteiger partial charge on any atom is -0.493 e. The number of benzene rings is 1. The van der Waals surface area contributed by atoms with Gasteiger partial charge in [0.05, 0.1) is 14.2 Å². The lowest BCUT2D eigenvalue weighted by atomic mass is 9.98. The van der Waals surface area contributed by atoms with Crippen molar-refractivity contribution < 1.29 is 14.3 Å². The van der Waals surface area contributed by atoms with Gasteiger partial charge in [-0.3, -0.25) is 4.79 Å². The van der Waals surface area contributed by atoms with E-state index in [1.54, 1.807) is 26.5 Å². The maximum atomic E-state index is 13.0. The Bertz CT molecular complexity index is 821. The van der Waals surface area contributed by atoms with Crippen LogP contribution in [0.15, 0.2) is 24.4 Å². The molecule has 0 saturated carbocycles. The smallest absolute Gasteiger partial charge is 0.272 e. The van der Waals surface area contributed by atoms with Crippen molar-refractivity contribution in [1.29, 1.82) is 0 Å². The Kier molecular flexibility index (Phi) is 5.78. The first kappa shape index (κ1) is 18.9. The van der Waals surface area contributed by atoms with E-state index >= 15 is 0 Å². The second-order valence-corrected chi connectivity index (χ2v) is 6.37. The second kappa shape index (κ2) is 8.24. The summed E-state index contributed by atoms with van der Waals surface area (Å²) < 4.78 is 10.8. The fourth-order valence-electron chi connectivity index (χ4n) is 3.34. The van der Waals surface area contributed by atoms with E-state index in [4.69, 9.17) is 9.47 Å². The summed E-state index contributed by atoms with van der Waals surface area (Å²) in [6, 6.07) is 5.63. The molecule has 1 aromatic carbocycles. The van der Waals surface area contributed by atoms with Gasteiger partial charge in [-0.15, -0.1) is 0 Å². The number of ether oxygens (including phenoxy) is 2. The van der Waals surface area contributed by atoms with E-state index in [9.17, 15) is 4.79 Å². The number of fused-ring (bicyclic) bond motifs is 1. The predicted molar refractivity (Wildman–Crippen MR) is 104 cm³/mol. The predicted octanol–water partition coefficient (Wildman–Crippen LogP) is 2.54. The van der Waals surface area contributed by atoms with Gasteiger partial charge in [-0.2, -0.15) is 0 Å². The molecule has 1 amide bonds. The van der Waals surface area contributed by atoms with E-state index in [1.807, 2.05) is 35.8 Å². The molecule has 1 aliphatic rings. The Balaban J connectivity index is 1.83. The summed E-state index contributed by atoms with van der Waals surface area (Å²) in [5.74, 6) is 1.91. The van der Waals surface area contributed by atoms with Crippen molar-refractivity contribution in [2.24, 2.45) is 0 Å². The number of hydrogen-bond donors (Lipinski definition) is 0. The summed E-state index contributed by atoms with van der Waals surface area (Å²) in [6.07, 6.45) is 2.43. The summed E-state index contributed by atoms with van der Waals surface area (Å²) >= 11 is 0. The summed E-state index contributed by atoms with van der Waals surface area (Å²) in [4.78, 5) is 25.6. The molecular weight excluding hydrogens is 344 g/mol. The molecule has 3 rings (SSSR count). The normalized spacial score (nSPS) is 13.1. The Morgan fingerprint density at radius 1 is 1.15 bits per heavy atom. The highest BCUT2D eigenvalue weighted by Crippen LogP contribution is 2.33. The number of carbonyl (C=O) groups excluding carboxylic acids is 1. The van der Waals surface area contributed by atoms with Crippen LogP contribution >= 0.6 is 0 Å². The third-order valence-corrected chi connectivity index (χ3v) is 4.91. The number of carbonyl (C=O) groups is 1. The molecule has 2 heterocycles. The topological polar surface area (TPSA) is 67.8 Å². The molecule has 7 nitrogen and oxygen atoms in total. The highest BCUT2D eigenvalue weighted by atomic mass is 16.5. The van der Waals surface area contributed by atoms with Crippen LogP contribution < -0.4 is 14.4 Å². The van der Waals surface area contributed by atoms with Gasteiger partial charge in [0.2, 0.25) is 5.95 Å². The molecule has 144 valence electrons. The maximum absolute atomic E-state index is 13.0. The molecule has 0 unspecified atom stereocenters. The lowest BCUT2D eigenvalue weighted by molar-refractivity contribution is 0.0728. The fraction of sp³-hybridized carbons (Fsp3) is 0.450. The molecule has 0 radical (unpaired) electrons. The van der Waals surface area contributed by atoms with Gasteiger partial charge >= 0.3 is 0 Å². The maximum Gasteiger partial charge on any atom is 0.272 e. The van der Waals surface area contributed by atoms with Crippen molar-refractivity contribution in [2.75, 3.05) is 38.8 Å². The SMILES string of the molecule is CCN(CC)c1nccc(C(=O)N2CCc3cc(OC)c(OC)cc3C2)n1. The largest absolute Gasteiger partial charge is 0.493 e. The zero-order valence-electron chi connectivity index (χ0n) is 16.4. The van der Waals surface area contributed by atoms with E-state index in [-0.39, 0.29) is 5.91 Å². The van der Waals surface area contributed by atoms with E-state index in [0.717, 1.165) is 30.8 Å². The molecule has 2 aromatic rings. The number of methoxy groups -OCH3 is 2. The summed E-state index contributed by atoms with van der Waals surface area (Å²) in [5.41, 5.74) is 2.68. The lowest BCUT2D eigenvalue weighted by Crippen LogP contribution is -2.36. The van der Waals surface area contributed by atoms with Crippen molar-refractivity contribution in [2.45, 2.75) is 26.8 Å². The van der Waals surface area contributed by atoms with E-state index in [2.05, 4.69) is 9.97 Å². The van der Waals surface area contributed by atoms with Gasteiger partial charge in [-0.25, -0.2) is 9.97 Å². The van der Waals surface area contributed by atoms with Crippen molar-refractivity contribution in [3.05, 3.63) is 41.2 Å². The highest BCUT2D eigenvalue weighted by Gasteiger charge is 2.25. The lowest BCUT2D eigenvalue weighted by Gasteiger charge is -2.29. The van der Waals surface area contributed by atoms with E-state index in [0.29, 0.717) is 30.5 Å². The first-order valence-electron chi connectivity index (χ1n) is 9.22. The van der Waals surface area contributed by atoms with Gasteiger partial charge in [0.25, 0.3) is 5.91 Å². The van der Waals surface area contributed by atoms with Crippen LogP contribution in [0.25, 0.3) is 0 Å². The van der Waals surface area contributed by atoms with Crippen LogP contribution in [0.5, 0.6) is 11.5 Å². The van der Waals surface area contributed by atoms with Crippen molar-refractivity contribution in [3.8, 4) is 11.5 Å². The molecule has 0 saturated heterocycles. The van der Waals surface area contributed by atoms with E-state index < -0.39 is 0 Å². The second-order valence-electron chi connectivity index (χ2n) is 6.37. The van der Waals surface area contributed by atoms with Gasteiger partial charge in [0.1, 0.15) is 5.69 Å². The standard InChI is InChI=1S/C20H26N4O3/c1-5-23(6-2)20-21-9-7-16(22-20)19(25)24-10-8-14-11-17(26-3)18(27-4)12-15(14)13-24/h7,9,11-12H,5-6,8,10,13H2,1-4H3. The molecule has 1 aliphatic heterocycles. The zero-order valence-corrected chi connectivity index (χ0v) is 16.4. The summed E-state index contributed by atoms with van der Waals surface area (Å²) in [7, 11) is 3.25. The number of rotatable bonds is 6. The molecule has 7 heteroatoms. The molecule has 0 N–H and O–H groups in total. The molecule has 0 bridgehead atoms. The molecular formula is C20H26N4O3. The van der Waals surface area contributed by atoms with Crippen LogP contribution in [-0.2, 0) is 13.0 Å². The third-order valence-electron chi connectivity index (χ3n) is 4.91. The first-order chi connectivity index (χ1) is 13.1. The average molecular weight is 370 g/mol. The van der Waals surface area contributed by atoms with Gasteiger partial charge < -0.3 is 19.3 Å². The van der Waals surface area contributed by atoms with Crippen molar-refractivity contribution >= 4 is 11.9 Å². The minimum absolute atomic E-state index is 0.0776. The Morgan fingerprint density at radius 3 is 2.44 bits per heavy atom. The molecule has 27 heavy (non-hydrogen) atoms. The van der Waals surface area contributed by atoms with Crippen LogP contribution in [0.1, 0.15) is 35.5 Å². The zero-order chi connectivity index (χ0) is 19.4. The summed E-state index contributed by atoms with van der Waals surface area (Å²) in [5, 5.41) is 0. The van der Waals surface area contributed by atoms with Crippen LogP contribution in [0.2, 0.25) is 0 Å². The van der Waals surface area contributed by atoms with Crippen LogP contribution in [0.3, 0.4) is 0 Å². The average Bonchev–Trinajstić information content (AvgIpc) is 2.72. The van der Waals surface area contributed by atoms with Crippen molar-refractivity contribution in [3.63, 3.8) is 0 Å². The first-order valence-corrected chi connectivity index (χ1v) is 9.22. The summed E-state index contributed by atoms with van der Waals surface area (Å²) in [6.45, 7) is 6.86. The third kappa shape index (κ3) is 3.82. The van der Waals surface area contributed by atoms with Gasteiger partial charge in [-0.05, 0) is 49.6 Å². The van der Waals surface area contributed by atoms with Gasteiger partial charge in [0, 0.05) is 32.4 Å². The van der Waals surface area contributed by atoms with Crippen LogP contribution in [-0.4, -0.2) is 54.6 Å². The number of hydrogen-bond acceptors (Lipinski definition) is 6. The Morgan fingerprint density at radius 2 is 1.81 bits per heavy atom. The van der Waals surface area contributed by atoms with Crippen LogP contribution in [0.4, 0.5) is 5.95 Å². The van der Waals surface area contributed by atoms with E-state index in [1.165, 1.54) is 5.56 Å². The Labute approximate surface area is 159 Å². The fourth-order valence-corrected chi connectivity index (χ4v) is 3.34.